The Morgan fingerprint density at radius 3 is 3.12 bits per heavy atom. The lowest BCUT2D eigenvalue weighted by Crippen LogP contribution is -2.14. The van der Waals surface area contributed by atoms with Gasteiger partial charge in [-0.05, 0) is 19.8 Å². The number of ether oxygens (including phenoxy) is 1. The topological polar surface area (TPSA) is 70.2 Å². The summed E-state index contributed by atoms with van der Waals surface area (Å²) in [6, 6.07) is 0. The van der Waals surface area contributed by atoms with Crippen LogP contribution in [0.5, 0.6) is 0 Å². The first-order valence-corrected chi connectivity index (χ1v) is 5.58. The quantitative estimate of drug-likeness (QED) is 0.449. The number of allylic oxidation sites excluding steroid dienone is 1. The van der Waals surface area contributed by atoms with Crippen LogP contribution in [0.1, 0.15) is 31.6 Å². The number of nitrogens with zero attached hydrogens (tertiary/aromatic N) is 3. The second-order valence-electron chi connectivity index (χ2n) is 4.13. The highest BCUT2D eigenvalue weighted by Crippen LogP contribution is 2.32. The fraction of sp³-hybridized carbons (Fsp3) is 0.545. The summed E-state index contributed by atoms with van der Waals surface area (Å²) in [6.07, 6.45) is 6.60. The van der Waals surface area contributed by atoms with E-state index in [2.05, 4.69) is 5.10 Å². The Morgan fingerprint density at radius 1 is 1.65 bits per heavy atom. The molecule has 0 radical (unpaired) electrons. The third-order valence-electron chi connectivity index (χ3n) is 2.85. The van der Waals surface area contributed by atoms with Crippen LogP contribution in [0.25, 0.3) is 0 Å². The van der Waals surface area contributed by atoms with Gasteiger partial charge in [0.05, 0.1) is 11.0 Å². The van der Waals surface area contributed by atoms with Gasteiger partial charge in [0.1, 0.15) is 18.0 Å². The summed E-state index contributed by atoms with van der Waals surface area (Å²) in [5.41, 5.74) is 0.581. The van der Waals surface area contributed by atoms with E-state index in [4.69, 9.17) is 4.74 Å². The van der Waals surface area contributed by atoms with Gasteiger partial charge >= 0.3 is 5.69 Å². The van der Waals surface area contributed by atoms with Crippen LogP contribution in [0.15, 0.2) is 18.3 Å². The van der Waals surface area contributed by atoms with Crippen LogP contribution in [0.3, 0.4) is 0 Å². The van der Waals surface area contributed by atoms with E-state index < -0.39 is 4.92 Å². The van der Waals surface area contributed by atoms with E-state index in [1.54, 1.807) is 7.05 Å². The average molecular weight is 237 g/mol. The van der Waals surface area contributed by atoms with Gasteiger partial charge in [-0.3, -0.25) is 14.8 Å². The third kappa shape index (κ3) is 2.36. The van der Waals surface area contributed by atoms with Crippen LogP contribution in [0, 0.1) is 10.1 Å². The van der Waals surface area contributed by atoms with E-state index in [9.17, 15) is 10.1 Å². The van der Waals surface area contributed by atoms with Gasteiger partial charge in [-0.15, -0.1) is 0 Å². The van der Waals surface area contributed by atoms with Gasteiger partial charge < -0.3 is 4.74 Å². The molecule has 0 aliphatic carbocycles. The van der Waals surface area contributed by atoms with Crippen molar-refractivity contribution in [2.45, 2.75) is 32.0 Å². The smallest absolute Gasteiger partial charge is 0.312 e. The van der Waals surface area contributed by atoms with Crippen molar-refractivity contribution in [3.8, 4) is 0 Å². The Labute approximate surface area is 99.0 Å². The molecular formula is C11H15N3O3. The minimum atomic E-state index is -0.408. The number of nitro groups is 1. The summed E-state index contributed by atoms with van der Waals surface area (Å²) in [7, 11) is 1.70. The van der Waals surface area contributed by atoms with Gasteiger partial charge in [0.2, 0.25) is 0 Å². The Hall–Kier alpha value is -1.69. The molecular weight excluding hydrogens is 222 g/mol. The van der Waals surface area contributed by atoms with Crippen LogP contribution < -0.4 is 0 Å². The second-order valence-corrected chi connectivity index (χ2v) is 4.13. The van der Waals surface area contributed by atoms with Crippen LogP contribution >= 0.6 is 0 Å². The van der Waals surface area contributed by atoms with Gasteiger partial charge in [0.25, 0.3) is 0 Å². The van der Waals surface area contributed by atoms with Gasteiger partial charge in [-0.1, -0.05) is 12.2 Å². The molecule has 0 amide bonds. The van der Waals surface area contributed by atoms with Gasteiger partial charge in [0, 0.05) is 7.05 Å². The van der Waals surface area contributed by atoms with Crippen molar-refractivity contribution in [2.24, 2.45) is 7.05 Å². The molecule has 6 heteroatoms. The minimum Gasteiger partial charge on any atom is -0.365 e. The Kier molecular flexibility index (Phi) is 3.23. The summed E-state index contributed by atoms with van der Waals surface area (Å²) in [6.45, 7) is 1.93. The first kappa shape index (κ1) is 11.8. The fourth-order valence-corrected chi connectivity index (χ4v) is 2.06. The standard InChI is InChI=1S/C11H15N3O3/c1-8-5-3-4-6-10(17-8)11-9(14(15)16)7-12-13(11)2/h3,5,7-8,10H,4,6H2,1-2H3. The largest absolute Gasteiger partial charge is 0.365 e. The predicted octanol–water partition coefficient (Wildman–Crippen LogP) is 2.12. The van der Waals surface area contributed by atoms with Crippen molar-refractivity contribution in [1.82, 2.24) is 9.78 Å². The number of hydrogen-bond acceptors (Lipinski definition) is 4. The molecule has 0 saturated heterocycles. The van der Waals surface area contributed by atoms with E-state index in [1.807, 2.05) is 19.1 Å². The van der Waals surface area contributed by atoms with Crippen LogP contribution in [-0.4, -0.2) is 20.8 Å². The van der Waals surface area contributed by atoms with Crippen LogP contribution in [0.4, 0.5) is 5.69 Å². The molecule has 2 unspecified atom stereocenters. The van der Waals surface area contributed by atoms with Crippen LogP contribution in [-0.2, 0) is 11.8 Å². The summed E-state index contributed by atoms with van der Waals surface area (Å²) >= 11 is 0. The van der Waals surface area contributed by atoms with E-state index in [1.165, 1.54) is 10.9 Å². The molecule has 92 valence electrons. The highest BCUT2D eigenvalue weighted by molar-refractivity contribution is 5.35. The summed E-state index contributed by atoms with van der Waals surface area (Å²) in [5.74, 6) is 0. The zero-order chi connectivity index (χ0) is 12.4. The number of hydrogen-bond donors (Lipinski definition) is 0. The molecule has 1 aromatic heterocycles. The minimum absolute atomic E-state index is 0.0306. The molecule has 0 bridgehead atoms. The zero-order valence-electron chi connectivity index (χ0n) is 9.87. The molecule has 2 atom stereocenters. The SMILES string of the molecule is CC1C=CCCC(c2c([N+](=O)[O-])cnn2C)O1. The van der Waals surface area contributed by atoms with Crippen LogP contribution in [0.2, 0.25) is 0 Å². The lowest BCUT2D eigenvalue weighted by Gasteiger charge is -2.18. The molecule has 2 rings (SSSR count). The maximum atomic E-state index is 10.9. The summed E-state index contributed by atoms with van der Waals surface area (Å²) < 4.78 is 7.30. The molecule has 0 spiro atoms. The Morgan fingerprint density at radius 2 is 2.41 bits per heavy atom. The monoisotopic (exact) mass is 237 g/mol. The first-order valence-electron chi connectivity index (χ1n) is 5.58. The zero-order valence-corrected chi connectivity index (χ0v) is 9.87. The molecule has 1 aliphatic rings. The number of aromatic nitrogens is 2. The molecule has 0 aromatic carbocycles. The van der Waals surface area contributed by atoms with E-state index in [0.29, 0.717) is 5.69 Å². The highest BCUT2D eigenvalue weighted by atomic mass is 16.6. The van der Waals surface area contributed by atoms with Gasteiger partial charge in [-0.2, -0.15) is 5.10 Å². The molecule has 6 nitrogen and oxygen atoms in total. The predicted molar refractivity (Wildman–Crippen MR) is 61.5 cm³/mol. The average Bonchev–Trinajstić information content (AvgIpc) is 2.52. The third-order valence-corrected chi connectivity index (χ3v) is 2.85. The molecule has 0 N–H and O–H groups in total. The Bertz CT molecular complexity index is 453. The molecule has 17 heavy (non-hydrogen) atoms. The summed E-state index contributed by atoms with van der Waals surface area (Å²) in [5, 5.41) is 14.9. The van der Waals surface area contributed by atoms with Gasteiger partial charge in [0.15, 0.2) is 0 Å². The van der Waals surface area contributed by atoms with Crippen molar-refractivity contribution in [3.63, 3.8) is 0 Å². The van der Waals surface area contributed by atoms with Crippen molar-refractivity contribution in [1.29, 1.82) is 0 Å². The maximum Gasteiger partial charge on any atom is 0.312 e. The van der Waals surface area contributed by atoms with E-state index in [-0.39, 0.29) is 17.9 Å². The molecule has 1 aliphatic heterocycles. The normalized spacial score (nSPS) is 24.6. The van der Waals surface area contributed by atoms with E-state index in [0.717, 1.165) is 12.8 Å². The van der Waals surface area contributed by atoms with E-state index >= 15 is 0 Å². The number of aryl methyl sites for hydroxylation is 1. The van der Waals surface area contributed by atoms with Gasteiger partial charge in [-0.25, -0.2) is 0 Å². The van der Waals surface area contributed by atoms with Crippen molar-refractivity contribution in [3.05, 3.63) is 34.2 Å². The van der Waals surface area contributed by atoms with Crippen molar-refractivity contribution < 1.29 is 9.66 Å². The lowest BCUT2D eigenvalue weighted by molar-refractivity contribution is -0.386. The maximum absolute atomic E-state index is 10.9. The van der Waals surface area contributed by atoms with Crippen molar-refractivity contribution >= 4 is 5.69 Å². The Balaban J connectivity index is 2.32. The lowest BCUT2D eigenvalue weighted by atomic mass is 10.1. The molecule has 0 fully saturated rings. The second kappa shape index (κ2) is 4.67. The molecule has 0 saturated carbocycles. The molecule has 2 heterocycles. The number of rotatable bonds is 2. The first-order chi connectivity index (χ1) is 8.09. The fourth-order valence-electron chi connectivity index (χ4n) is 2.06. The highest BCUT2D eigenvalue weighted by Gasteiger charge is 2.28. The summed E-state index contributed by atoms with van der Waals surface area (Å²) in [4.78, 5) is 10.5. The van der Waals surface area contributed by atoms with Crippen molar-refractivity contribution in [2.75, 3.05) is 0 Å². The molecule has 1 aromatic rings.